The first-order valence-electron chi connectivity index (χ1n) is 5.56. The second-order valence-corrected chi connectivity index (χ2v) is 5.02. The zero-order valence-electron chi connectivity index (χ0n) is 10.9. The zero-order valence-corrected chi connectivity index (χ0v) is 12.5. The van der Waals surface area contributed by atoms with Crippen molar-refractivity contribution in [3.05, 3.63) is 0 Å². The topological polar surface area (TPSA) is 49.9 Å². The van der Waals surface area contributed by atoms with Crippen molar-refractivity contribution >= 4 is 27.7 Å². The van der Waals surface area contributed by atoms with Crippen molar-refractivity contribution in [1.82, 2.24) is 9.80 Å². The maximum absolute atomic E-state index is 12.0. The largest absolute Gasteiger partial charge is 0.383 e. The van der Waals surface area contributed by atoms with Gasteiger partial charge in [0.05, 0.1) is 18.0 Å². The summed E-state index contributed by atoms with van der Waals surface area (Å²) in [7, 11) is 4.92. The van der Waals surface area contributed by atoms with Gasteiger partial charge in [-0.3, -0.25) is 9.59 Å². The zero-order chi connectivity index (χ0) is 13.4. The number of hydrogen-bond donors (Lipinski definition) is 0. The number of rotatable bonds is 7. The molecule has 0 aliphatic rings. The summed E-state index contributed by atoms with van der Waals surface area (Å²) in [6, 6.07) is 0. The minimum Gasteiger partial charge on any atom is -0.383 e. The lowest BCUT2D eigenvalue weighted by Gasteiger charge is -2.25. The molecule has 0 N–H and O–H groups in total. The minimum atomic E-state index is -0.241. The van der Waals surface area contributed by atoms with Crippen molar-refractivity contribution in [3.8, 4) is 0 Å². The average molecular weight is 309 g/mol. The first-order valence-corrected chi connectivity index (χ1v) is 6.47. The lowest BCUT2D eigenvalue weighted by atomic mass is 10.3. The fraction of sp³-hybridized carbons (Fsp3) is 0.818. The van der Waals surface area contributed by atoms with Crippen molar-refractivity contribution < 1.29 is 14.3 Å². The molecule has 0 saturated heterocycles. The summed E-state index contributed by atoms with van der Waals surface area (Å²) < 4.78 is 4.94. The summed E-state index contributed by atoms with van der Waals surface area (Å²) in [5.41, 5.74) is 0. The first kappa shape index (κ1) is 16.4. The molecule has 0 aromatic rings. The lowest BCUT2D eigenvalue weighted by molar-refractivity contribution is -0.139. The normalized spacial score (nSPS) is 12.1. The monoisotopic (exact) mass is 308 g/mol. The third kappa shape index (κ3) is 6.02. The molecule has 1 atom stereocenters. The Labute approximate surface area is 111 Å². The summed E-state index contributed by atoms with van der Waals surface area (Å²) in [5, 5.41) is 0. The van der Waals surface area contributed by atoms with Crippen LogP contribution in [0.1, 0.15) is 13.3 Å². The molecule has 6 heteroatoms. The van der Waals surface area contributed by atoms with E-state index in [4.69, 9.17) is 4.74 Å². The maximum atomic E-state index is 12.0. The molecule has 0 spiro atoms. The SMILES string of the molecule is CCC(Br)C(=O)N(CCOC)CC(=O)N(C)C. The fourth-order valence-corrected chi connectivity index (χ4v) is 1.44. The van der Waals surface area contributed by atoms with Gasteiger partial charge in [-0.2, -0.15) is 0 Å². The van der Waals surface area contributed by atoms with Crippen LogP contribution in [-0.4, -0.2) is 67.3 Å². The van der Waals surface area contributed by atoms with Crippen LogP contribution in [0.2, 0.25) is 0 Å². The van der Waals surface area contributed by atoms with E-state index in [9.17, 15) is 9.59 Å². The molecule has 100 valence electrons. The molecule has 1 unspecified atom stereocenters. The van der Waals surface area contributed by atoms with Crippen LogP contribution < -0.4 is 0 Å². The highest BCUT2D eigenvalue weighted by molar-refractivity contribution is 9.10. The number of methoxy groups -OCH3 is 1. The van der Waals surface area contributed by atoms with Gasteiger partial charge in [-0.1, -0.05) is 22.9 Å². The van der Waals surface area contributed by atoms with Crippen LogP contribution in [0, 0.1) is 0 Å². The van der Waals surface area contributed by atoms with Gasteiger partial charge in [0.25, 0.3) is 0 Å². The van der Waals surface area contributed by atoms with E-state index in [2.05, 4.69) is 15.9 Å². The van der Waals surface area contributed by atoms with Crippen LogP contribution in [-0.2, 0) is 14.3 Å². The molecule has 0 aliphatic carbocycles. The van der Waals surface area contributed by atoms with E-state index < -0.39 is 0 Å². The molecule has 0 aromatic carbocycles. The standard InChI is InChI=1S/C11H21BrN2O3/c1-5-9(12)11(16)14(6-7-17-4)8-10(15)13(2)3/h9H,5-8H2,1-4H3. The van der Waals surface area contributed by atoms with E-state index >= 15 is 0 Å². The Hall–Kier alpha value is -0.620. The number of amides is 2. The molecular formula is C11H21BrN2O3. The summed E-state index contributed by atoms with van der Waals surface area (Å²) in [4.78, 5) is 26.4. The quantitative estimate of drug-likeness (QED) is 0.651. The fourth-order valence-electron chi connectivity index (χ4n) is 1.15. The summed E-state index contributed by atoms with van der Waals surface area (Å²) in [6.45, 7) is 2.86. The van der Waals surface area contributed by atoms with Crippen molar-refractivity contribution in [1.29, 1.82) is 0 Å². The summed E-state index contributed by atoms with van der Waals surface area (Å²) in [6.07, 6.45) is 0.693. The summed E-state index contributed by atoms with van der Waals surface area (Å²) >= 11 is 3.30. The highest BCUT2D eigenvalue weighted by Crippen LogP contribution is 2.09. The molecule has 0 rings (SSSR count). The number of likely N-dealkylation sites (N-methyl/N-ethyl adjacent to an activating group) is 1. The lowest BCUT2D eigenvalue weighted by Crippen LogP contribution is -2.44. The van der Waals surface area contributed by atoms with E-state index in [0.29, 0.717) is 19.6 Å². The predicted molar refractivity (Wildman–Crippen MR) is 70.2 cm³/mol. The number of carbonyl (C=O) groups is 2. The molecular weight excluding hydrogens is 288 g/mol. The van der Waals surface area contributed by atoms with Gasteiger partial charge in [-0.15, -0.1) is 0 Å². The van der Waals surface area contributed by atoms with Crippen LogP contribution in [0.3, 0.4) is 0 Å². The van der Waals surface area contributed by atoms with E-state index in [0.717, 1.165) is 0 Å². The number of nitrogens with zero attached hydrogens (tertiary/aromatic N) is 2. The van der Waals surface area contributed by atoms with E-state index in [-0.39, 0.29) is 23.2 Å². The molecule has 0 saturated carbocycles. The minimum absolute atomic E-state index is 0.0697. The van der Waals surface area contributed by atoms with Crippen LogP contribution in [0.25, 0.3) is 0 Å². The molecule has 5 nitrogen and oxygen atoms in total. The average Bonchev–Trinajstić information content (AvgIpc) is 2.31. The Bertz CT molecular complexity index is 259. The number of carbonyl (C=O) groups excluding carboxylic acids is 2. The number of alkyl halides is 1. The Balaban J connectivity index is 4.52. The Morgan fingerprint density at radius 2 is 1.94 bits per heavy atom. The van der Waals surface area contributed by atoms with Gasteiger partial charge >= 0.3 is 0 Å². The maximum Gasteiger partial charge on any atom is 0.241 e. The third-order valence-electron chi connectivity index (χ3n) is 2.33. The third-order valence-corrected chi connectivity index (χ3v) is 3.37. The highest BCUT2D eigenvalue weighted by Gasteiger charge is 2.22. The highest BCUT2D eigenvalue weighted by atomic mass is 79.9. The van der Waals surface area contributed by atoms with Gasteiger partial charge in [0.1, 0.15) is 0 Å². The molecule has 2 amide bonds. The van der Waals surface area contributed by atoms with E-state index in [1.54, 1.807) is 21.2 Å². The number of ether oxygens (including phenoxy) is 1. The Morgan fingerprint density at radius 3 is 2.35 bits per heavy atom. The van der Waals surface area contributed by atoms with Gasteiger partial charge < -0.3 is 14.5 Å². The molecule has 17 heavy (non-hydrogen) atoms. The number of halogens is 1. The van der Waals surface area contributed by atoms with Gasteiger partial charge in [0.2, 0.25) is 11.8 Å². The van der Waals surface area contributed by atoms with Crippen LogP contribution in [0.5, 0.6) is 0 Å². The molecule has 0 aromatic heterocycles. The van der Waals surface area contributed by atoms with Crippen LogP contribution in [0.4, 0.5) is 0 Å². The predicted octanol–water partition coefficient (Wildman–Crippen LogP) is 0.723. The van der Waals surface area contributed by atoms with Crippen molar-refractivity contribution in [3.63, 3.8) is 0 Å². The van der Waals surface area contributed by atoms with Crippen LogP contribution in [0.15, 0.2) is 0 Å². The second kappa shape index (κ2) is 8.47. The summed E-state index contributed by atoms with van der Waals surface area (Å²) in [5.74, 6) is -0.162. The van der Waals surface area contributed by atoms with E-state index in [1.165, 1.54) is 9.80 Å². The van der Waals surface area contributed by atoms with Crippen molar-refractivity contribution in [2.24, 2.45) is 0 Å². The van der Waals surface area contributed by atoms with Gasteiger partial charge in [0, 0.05) is 27.7 Å². The Kier molecular flexibility index (Phi) is 8.16. The van der Waals surface area contributed by atoms with Gasteiger partial charge in [0.15, 0.2) is 0 Å². The molecule has 0 radical (unpaired) electrons. The second-order valence-electron chi connectivity index (χ2n) is 3.92. The van der Waals surface area contributed by atoms with Gasteiger partial charge in [-0.25, -0.2) is 0 Å². The molecule has 0 fully saturated rings. The molecule has 0 heterocycles. The molecule has 0 bridgehead atoms. The number of hydrogen-bond acceptors (Lipinski definition) is 3. The molecule has 0 aliphatic heterocycles. The smallest absolute Gasteiger partial charge is 0.241 e. The Morgan fingerprint density at radius 1 is 1.35 bits per heavy atom. The van der Waals surface area contributed by atoms with Gasteiger partial charge in [-0.05, 0) is 6.42 Å². The van der Waals surface area contributed by atoms with E-state index in [1.807, 2.05) is 6.92 Å². The van der Waals surface area contributed by atoms with Crippen molar-refractivity contribution in [2.75, 3.05) is 40.9 Å². The first-order chi connectivity index (χ1) is 7.93. The van der Waals surface area contributed by atoms with Crippen LogP contribution >= 0.6 is 15.9 Å². The van der Waals surface area contributed by atoms with Crippen molar-refractivity contribution in [2.45, 2.75) is 18.2 Å².